The van der Waals surface area contributed by atoms with Gasteiger partial charge in [-0.05, 0) is 52.6 Å². The number of amides is 3. The second kappa shape index (κ2) is 7.75. The van der Waals surface area contributed by atoms with Gasteiger partial charge in [-0.3, -0.25) is 15.0 Å². The van der Waals surface area contributed by atoms with E-state index in [1.807, 2.05) is 13.8 Å². The molecule has 0 spiro atoms. The first-order valence-electron chi connectivity index (χ1n) is 8.21. The van der Waals surface area contributed by atoms with Crippen LogP contribution in [0, 0.1) is 0 Å². The zero-order valence-electron chi connectivity index (χ0n) is 13.2. The third-order valence-corrected chi connectivity index (χ3v) is 4.61. The zero-order valence-corrected chi connectivity index (χ0v) is 13.2. The molecule has 120 valence electrons. The van der Waals surface area contributed by atoms with E-state index >= 15 is 0 Å². The van der Waals surface area contributed by atoms with Gasteiger partial charge in [0, 0.05) is 18.6 Å². The fraction of sp³-hybridized carbons (Fsp3) is 0.867. The summed E-state index contributed by atoms with van der Waals surface area (Å²) in [6.45, 7) is 6.27. The summed E-state index contributed by atoms with van der Waals surface area (Å²) in [5.41, 5.74) is 0. The van der Waals surface area contributed by atoms with E-state index < -0.39 is 6.03 Å². The lowest BCUT2D eigenvalue weighted by Gasteiger charge is -2.42. The Kier molecular flexibility index (Phi) is 5.99. The van der Waals surface area contributed by atoms with Crippen LogP contribution in [0.2, 0.25) is 0 Å². The number of rotatable bonds is 4. The van der Waals surface area contributed by atoms with E-state index in [1.165, 1.54) is 19.3 Å². The molecule has 2 heterocycles. The average molecular weight is 296 g/mol. The molecular weight excluding hydrogens is 268 g/mol. The standard InChI is InChI=1S/C15H28N4O2/c1-3-16-15(21)18-14(20)11(2)19-10-5-4-8-13(19)12-7-6-9-17-12/h11-13,17H,3-10H2,1-2H3,(H2,16,18,20,21). The van der Waals surface area contributed by atoms with Gasteiger partial charge in [0.25, 0.3) is 0 Å². The molecule has 3 amide bonds. The van der Waals surface area contributed by atoms with E-state index in [-0.39, 0.29) is 11.9 Å². The first-order chi connectivity index (χ1) is 10.1. The molecule has 2 rings (SSSR count). The van der Waals surface area contributed by atoms with Crippen LogP contribution in [-0.4, -0.2) is 54.6 Å². The number of carbonyl (C=O) groups excluding carboxylic acids is 2. The Bertz CT molecular complexity index is 369. The molecule has 2 aliphatic rings. The topological polar surface area (TPSA) is 73.5 Å². The minimum atomic E-state index is -0.401. The molecule has 0 bridgehead atoms. The molecule has 0 aromatic rings. The molecule has 0 aromatic heterocycles. The summed E-state index contributed by atoms with van der Waals surface area (Å²) in [4.78, 5) is 26.0. The first-order valence-corrected chi connectivity index (χ1v) is 8.21. The molecule has 3 unspecified atom stereocenters. The van der Waals surface area contributed by atoms with Crippen molar-refractivity contribution in [3.05, 3.63) is 0 Å². The van der Waals surface area contributed by atoms with Gasteiger partial charge in [0.05, 0.1) is 6.04 Å². The highest BCUT2D eigenvalue weighted by Gasteiger charge is 2.36. The molecule has 0 aliphatic carbocycles. The van der Waals surface area contributed by atoms with E-state index in [0.717, 1.165) is 25.9 Å². The van der Waals surface area contributed by atoms with Crippen LogP contribution in [0.1, 0.15) is 46.0 Å². The fourth-order valence-corrected chi connectivity index (χ4v) is 3.50. The van der Waals surface area contributed by atoms with E-state index in [2.05, 4.69) is 20.9 Å². The number of nitrogens with zero attached hydrogens (tertiary/aromatic N) is 1. The predicted molar refractivity (Wildman–Crippen MR) is 82.0 cm³/mol. The fourth-order valence-electron chi connectivity index (χ4n) is 3.50. The Morgan fingerprint density at radius 1 is 1.29 bits per heavy atom. The van der Waals surface area contributed by atoms with Gasteiger partial charge in [-0.2, -0.15) is 0 Å². The Labute approximate surface area is 127 Å². The zero-order chi connectivity index (χ0) is 15.2. The summed E-state index contributed by atoms with van der Waals surface area (Å²) in [7, 11) is 0. The van der Waals surface area contributed by atoms with Crippen LogP contribution < -0.4 is 16.0 Å². The number of carbonyl (C=O) groups is 2. The molecule has 0 aromatic carbocycles. The molecule has 2 saturated heterocycles. The van der Waals surface area contributed by atoms with Gasteiger partial charge in [0.1, 0.15) is 0 Å². The summed E-state index contributed by atoms with van der Waals surface area (Å²) >= 11 is 0. The van der Waals surface area contributed by atoms with Crippen LogP contribution >= 0.6 is 0 Å². The van der Waals surface area contributed by atoms with Crippen molar-refractivity contribution >= 4 is 11.9 Å². The molecule has 0 saturated carbocycles. The van der Waals surface area contributed by atoms with Crippen molar-refractivity contribution in [1.82, 2.24) is 20.9 Å². The van der Waals surface area contributed by atoms with Gasteiger partial charge in [-0.1, -0.05) is 6.42 Å². The lowest BCUT2D eigenvalue weighted by atomic mass is 9.93. The Morgan fingerprint density at radius 2 is 2.10 bits per heavy atom. The van der Waals surface area contributed by atoms with Gasteiger partial charge in [-0.15, -0.1) is 0 Å². The van der Waals surface area contributed by atoms with Gasteiger partial charge < -0.3 is 10.6 Å². The highest BCUT2D eigenvalue weighted by molar-refractivity contribution is 5.96. The summed E-state index contributed by atoms with van der Waals surface area (Å²) in [5.74, 6) is -0.203. The van der Waals surface area contributed by atoms with Gasteiger partial charge in [-0.25, -0.2) is 4.79 Å². The quantitative estimate of drug-likeness (QED) is 0.718. The van der Waals surface area contributed by atoms with Crippen LogP contribution in [0.5, 0.6) is 0 Å². The van der Waals surface area contributed by atoms with Gasteiger partial charge in [0.2, 0.25) is 5.91 Å². The SMILES string of the molecule is CCNC(=O)NC(=O)C(C)N1CCCCC1C1CCCN1. The van der Waals surface area contributed by atoms with Crippen LogP contribution in [0.15, 0.2) is 0 Å². The molecule has 0 radical (unpaired) electrons. The summed E-state index contributed by atoms with van der Waals surface area (Å²) in [6.07, 6.45) is 5.89. The molecule has 6 nitrogen and oxygen atoms in total. The number of hydrogen-bond donors (Lipinski definition) is 3. The van der Waals surface area contributed by atoms with Crippen LogP contribution in [-0.2, 0) is 4.79 Å². The Balaban J connectivity index is 1.95. The van der Waals surface area contributed by atoms with Crippen molar-refractivity contribution in [3.63, 3.8) is 0 Å². The third-order valence-electron chi connectivity index (χ3n) is 4.61. The van der Waals surface area contributed by atoms with Crippen molar-refractivity contribution in [2.45, 2.75) is 64.1 Å². The van der Waals surface area contributed by atoms with Crippen molar-refractivity contribution in [3.8, 4) is 0 Å². The molecule has 2 fully saturated rings. The maximum Gasteiger partial charge on any atom is 0.321 e. The maximum atomic E-state index is 12.3. The molecule has 21 heavy (non-hydrogen) atoms. The lowest BCUT2D eigenvalue weighted by Crippen LogP contribution is -2.58. The average Bonchev–Trinajstić information content (AvgIpc) is 3.00. The number of urea groups is 1. The maximum absolute atomic E-state index is 12.3. The molecule has 2 aliphatic heterocycles. The van der Waals surface area contributed by atoms with Crippen molar-refractivity contribution in [1.29, 1.82) is 0 Å². The van der Waals surface area contributed by atoms with Gasteiger partial charge >= 0.3 is 6.03 Å². The third kappa shape index (κ3) is 4.17. The summed E-state index contributed by atoms with van der Waals surface area (Å²) < 4.78 is 0. The number of likely N-dealkylation sites (tertiary alicyclic amines) is 1. The lowest BCUT2D eigenvalue weighted by molar-refractivity contribution is -0.126. The number of piperidine rings is 1. The second-order valence-electron chi connectivity index (χ2n) is 6.03. The number of hydrogen-bond acceptors (Lipinski definition) is 4. The van der Waals surface area contributed by atoms with Crippen LogP contribution in [0.4, 0.5) is 4.79 Å². The van der Waals surface area contributed by atoms with Gasteiger partial charge in [0.15, 0.2) is 0 Å². The number of imide groups is 1. The highest BCUT2D eigenvalue weighted by atomic mass is 16.2. The molecule has 3 N–H and O–H groups in total. The monoisotopic (exact) mass is 296 g/mol. The summed E-state index contributed by atoms with van der Waals surface area (Å²) in [6, 6.07) is 0.239. The van der Waals surface area contributed by atoms with Crippen LogP contribution in [0.25, 0.3) is 0 Å². The largest absolute Gasteiger partial charge is 0.338 e. The molecule has 3 atom stereocenters. The van der Waals surface area contributed by atoms with Crippen molar-refractivity contribution in [2.24, 2.45) is 0 Å². The second-order valence-corrected chi connectivity index (χ2v) is 6.03. The van der Waals surface area contributed by atoms with E-state index in [9.17, 15) is 9.59 Å². The smallest absolute Gasteiger partial charge is 0.321 e. The van der Waals surface area contributed by atoms with Crippen molar-refractivity contribution < 1.29 is 9.59 Å². The molecular formula is C15H28N4O2. The normalized spacial score (nSPS) is 28.1. The highest BCUT2D eigenvalue weighted by Crippen LogP contribution is 2.26. The van der Waals surface area contributed by atoms with Crippen molar-refractivity contribution in [2.75, 3.05) is 19.6 Å². The minimum absolute atomic E-state index is 0.203. The van der Waals surface area contributed by atoms with E-state index in [4.69, 9.17) is 0 Å². The van der Waals surface area contributed by atoms with E-state index in [0.29, 0.717) is 18.6 Å². The Morgan fingerprint density at radius 3 is 2.76 bits per heavy atom. The predicted octanol–water partition coefficient (Wildman–Crippen LogP) is 0.827. The number of nitrogens with one attached hydrogen (secondary N) is 3. The van der Waals surface area contributed by atoms with Crippen LogP contribution in [0.3, 0.4) is 0 Å². The van der Waals surface area contributed by atoms with E-state index in [1.54, 1.807) is 0 Å². The first kappa shape index (κ1) is 16.2. The summed E-state index contributed by atoms with van der Waals surface area (Å²) in [5, 5.41) is 8.60. The Hall–Kier alpha value is -1.14. The molecule has 6 heteroatoms. The minimum Gasteiger partial charge on any atom is -0.338 e.